The van der Waals surface area contributed by atoms with Crippen LogP contribution in [0.4, 0.5) is 35.0 Å². The second-order valence-corrected chi connectivity index (χ2v) is 7.92. The highest BCUT2D eigenvalue weighted by atomic mass is 19.4. The number of benzene rings is 2. The summed E-state index contributed by atoms with van der Waals surface area (Å²) in [6.45, 7) is 0.611. The van der Waals surface area contributed by atoms with Crippen LogP contribution >= 0.6 is 0 Å². The molecule has 176 valence electrons. The largest absolute Gasteiger partial charge is 0.421 e. The van der Waals surface area contributed by atoms with Gasteiger partial charge in [0, 0.05) is 24.7 Å². The van der Waals surface area contributed by atoms with E-state index in [-0.39, 0.29) is 29.7 Å². The highest BCUT2D eigenvalue weighted by molar-refractivity contribution is 5.97. The van der Waals surface area contributed by atoms with Gasteiger partial charge in [-0.15, -0.1) is 0 Å². The van der Waals surface area contributed by atoms with Crippen molar-refractivity contribution in [1.82, 2.24) is 15.3 Å². The Bertz CT molecular complexity index is 1240. The van der Waals surface area contributed by atoms with Crippen LogP contribution in [0.25, 0.3) is 0 Å². The van der Waals surface area contributed by atoms with E-state index < -0.39 is 29.4 Å². The number of rotatable bonds is 4. The second kappa shape index (κ2) is 8.56. The molecule has 7 nitrogen and oxygen atoms in total. The molecule has 1 atom stereocenters. The Morgan fingerprint density at radius 3 is 2.74 bits per heavy atom. The van der Waals surface area contributed by atoms with Gasteiger partial charge < -0.3 is 10.6 Å². The molecule has 1 aromatic heterocycles. The molecule has 3 aromatic rings. The summed E-state index contributed by atoms with van der Waals surface area (Å²) < 4.78 is 56.1. The Balaban J connectivity index is 1.53. The number of hydrogen-bond acceptors (Lipinski definition) is 6. The molecule has 1 fully saturated rings. The average molecular weight is 473 g/mol. The molecule has 2 aliphatic rings. The van der Waals surface area contributed by atoms with Crippen molar-refractivity contribution in [1.29, 1.82) is 0 Å². The van der Waals surface area contributed by atoms with Gasteiger partial charge in [0.1, 0.15) is 11.4 Å². The van der Waals surface area contributed by atoms with E-state index in [2.05, 4.69) is 20.6 Å². The van der Waals surface area contributed by atoms with Crippen molar-refractivity contribution in [3.05, 3.63) is 76.7 Å². The maximum absolute atomic E-state index is 14.7. The molecule has 1 amide bonds. The number of nitrogens with one attached hydrogen (secondary N) is 2. The fraction of sp³-hybridized carbons (Fsp3) is 0.261. The summed E-state index contributed by atoms with van der Waals surface area (Å²) in [5.41, 5.74) is 0.411. The van der Waals surface area contributed by atoms with Crippen LogP contribution in [-0.2, 0) is 17.4 Å². The molecular formula is C23H19F4N5O2. The van der Waals surface area contributed by atoms with E-state index in [0.717, 1.165) is 10.6 Å². The van der Waals surface area contributed by atoms with Crippen LogP contribution in [-0.4, -0.2) is 29.0 Å². The van der Waals surface area contributed by atoms with Gasteiger partial charge in [0.05, 0.1) is 18.3 Å². The molecule has 1 unspecified atom stereocenters. The van der Waals surface area contributed by atoms with Crippen LogP contribution < -0.4 is 15.7 Å². The lowest BCUT2D eigenvalue weighted by Crippen LogP contribution is -2.32. The van der Waals surface area contributed by atoms with Crippen molar-refractivity contribution in [2.24, 2.45) is 0 Å². The first-order valence-electron chi connectivity index (χ1n) is 10.6. The molecule has 2 aliphatic heterocycles. The minimum Gasteiger partial charge on any atom is -0.352 e. The lowest BCUT2D eigenvalue weighted by Gasteiger charge is -2.26. The predicted molar refractivity (Wildman–Crippen MR) is 115 cm³/mol. The Hall–Kier alpha value is -3.73. The van der Waals surface area contributed by atoms with Gasteiger partial charge in [0.25, 0.3) is 5.91 Å². The number of aromatic nitrogens is 2. The monoisotopic (exact) mass is 473 g/mol. The quantitative estimate of drug-likeness (QED) is 0.542. The Morgan fingerprint density at radius 2 is 1.97 bits per heavy atom. The van der Waals surface area contributed by atoms with E-state index >= 15 is 0 Å². The number of carbonyl (C=O) groups is 1. The third-order valence-corrected chi connectivity index (χ3v) is 5.74. The first-order chi connectivity index (χ1) is 16.3. The zero-order chi connectivity index (χ0) is 23.9. The summed E-state index contributed by atoms with van der Waals surface area (Å²) in [4.78, 5) is 25.5. The van der Waals surface area contributed by atoms with E-state index in [1.165, 1.54) is 12.1 Å². The zero-order valence-corrected chi connectivity index (χ0v) is 17.7. The number of hydroxylamine groups is 1. The molecule has 0 spiro atoms. The maximum atomic E-state index is 14.7. The standard InChI is InChI=1S/C23H19F4N5O2/c24-17-10-14-6-8-28-21(33)15(14)11-18(17)30-22-29-12-16(23(25,26)27)20(31-22)32-19(7-9-34-32)13-4-2-1-3-5-13/h1-5,10-12,19H,6-9H2,(H,28,33)(H,29,30,31). The highest BCUT2D eigenvalue weighted by Gasteiger charge is 2.40. The number of anilines is 3. The highest BCUT2D eigenvalue weighted by Crippen LogP contribution is 2.41. The SMILES string of the molecule is O=C1NCCc2cc(F)c(Nc3ncc(C(F)(F)F)c(N4OCCC4c4ccccc4)n3)cc21. The van der Waals surface area contributed by atoms with Gasteiger partial charge in [0.15, 0.2) is 5.82 Å². The molecule has 3 heterocycles. The first kappa shape index (κ1) is 22.1. The topological polar surface area (TPSA) is 79.4 Å². The van der Waals surface area contributed by atoms with E-state index in [1.807, 2.05) is 6.07 Å². The molecule has 1 saturated heterocycles. The summed E-state index contributed by atoms with van der Waals surface area (Å²) in [6.07, 6.45) is -3.16. The minimum absolute atomic E-state index is 0.122. The third-order valence-electron chi connectivity index (χ3n) is 5.74. The fourth-order valence-electron chi connectivity index (χ4n) is 4.11. The van der Waals surface area contributed by atoms with Crippen LogP contribution in [0.5, 0.6) is 0 Å². The van der Waals surface area contributed by atoms with Crippen LogP contribution in [0.2, 0.25) is 0 Å². The molecule has 5 rings (SSSR count). The number of hydrogen-bond donors (Lipinski definition) is 2. The van der Waals surface area contributed by atoms with Crippen molar-refractivity contribution in [2.75, 3.05) is 23.5 Å². The average Bonchev–Trinajstić information content (AvgIpc) is 3.30. The van der Waals surface area contributed by atoms with Crippen molar-refractivity contribution in [3.63, 3.8) is 0 Å². The van der Waals surface area contributed by atoms with Crippen LogP contribution in [0.15, 0.2) is 48.7 Å². The van der Waals surface area contributed by atoms with Crippen LogP contribution in [0, 0.1) is 5.82 Å². The second-order valence-electron chi connectivity index (χ2n) is 7.92. The lowest BCUT2D eigenvalue weighted by molar-refractivity contribution is -0.138. The molecule has 2 aromatic carbocycles. The molecular weight excluding hydrogens is 454 g/mol. The van der Waals surface area contributed by atoms with Gasteiger partial charge >= 0.3 is 6.18 Å². The third kappa shape index (κ3) is 4.14. The van der Waals surface area contributed by atoms with E-state index in [9.17, 15) is 22.4 Å². The Kier molecular flexibility index (Phi) is 5.56. The van der Waals surface area contributed by atoms with Crippen molar-refractivity contribution in [3.8, 4) is 0 Å². The summed E-state index contributed by atoms with van der Waals surface area (Å²) in [7, 11) is 0. The van der Waals surface area contributed by atoms with Gasteiger partial charge in [-0.25, -0.2) is 14.4 Å². The summed E-state index contributed by atoms with van der Waals surface area (Å²) in [6, 6.07) is 11.0. The maximum Gasteiger partial charge on any atom is 0.421 e. The number of amides is 1. The smallest absolute Gasteiger partial charge is 0.352 e. The summed E-state index contributed by atoms with van der Waals surface area (Å²) in [5.74, 6) is -1.76. The minimum atomic E-state index is -4.74. The van der Waals surface area contributed by atoms with Crippen molar-refractivity contribution in [2.45, 2.75) is 25.1 Å². The lowest BCUT2D eigenvalue weighted by atomic mass is 9.99. The van der Waals surface area contributed by atoms with Gasteiger partial charge in [-0.3, -0.25) is 9.63 Å². The Morgan fingerprint density at radius 1 is 1.18 bits per heavy atom. The number of nitrogens with zero attached hydrogens (tertiary/aromatic N) is 3. The van der Waals surface area contributed by atoms with Gasteiger partial charge in [-0.1, -0.05) is 30.3 Å². The van der Waals surface area contributed by atoms with Gasteiger partial charge in [0.2, 0.25) is 5.95 Å². The molecule has 0 aliphatic carbocycles. The summed E-state index contributed by atoms with van der Waals surface area (Å²) >= 11 is 0. The first-order valence-corrected chi connectivity index (χ1v) is 10.6. The van der Waals surface area contributed by atoms with Crippen molar-refractivity contribution >= 4 is 23.4 Å². The number of halogens is 4. The zero-order valence-electron chi connectivity index (χ0n) is 17.7. The van der Waals surface area contributed by atoms with Crippen molar-refractivity contribution < 1.29 is 27.2 Å². The van der Waals surface area contributed by atoms with Gasteiger partial charge in [-0.05, 0) is 29.7 Å². The Labute approximate surface area is 191 Å². The number of carbonyl (C=O) groups excluding carboxylic acids is 1. The fourth-order valence-corrected chi connectivity index (χ4v) is 4.11. The molecule has 0 bridgehead atoms. The number of alkyl halides is 3. The van der Waals surface area contributed by atoms with E-state index in [0.29, 0.717) is 31.1 Å². The normalized spacial score (nSPS) is 17.9. The predicted octanol–water partition coefficient (Wildman–Crippen LogP) is 4.55. The van der Waals surface area contributed by atoms with Crippen LogP contribution in [0.3, 0.4) is 0 Å². The summed E-state index contributed by atoms with van der Waals surface area (Å²) in [5, 5.41) is 6.41. The molecule has 0 saturated carbocycles. The number of fused-ring (bicyclic) bond motifs is 1. The molecule has 2 N–H and O–H groups in total. The van der Waals surface area contributed by atoms with E-state index in [1.54, 1.807) is 24.3 Å². The van der Waals surface area contributed by atoms with Gasteiger partial charge in [-0.2, -0.15) is 18.2 Å². The molecule has 11 heteroatoms. The molecule has 0 radical (unpaired) electrons. The van der Waals surface area contributed by atoms with E-state index in [4.69, 9.17) is 4.84 Å². The molecule has 34 heavy (non-hydrogen) atoms. The van der Waals surface area contributed by atoms with Crippen LogP contribution in [0.1, 0.15) is 39.5 Å².